The van der Waals surface area contributed by atoms with E-state index in [-0.39, 0.29) is 11.6 Å². The zero-order chi connectivity index (χ0) is 27.3. The molecule has 0 bridgehead atoms. The standard InChI is InChI=1S/C29H26N4O5S/c1-29(2)28(35)33-26-20(14-32(33)23-7-5-6-8-24(23)36-3)18(11-12-21(26)31-29)19-10-9-17(13-25(19)37-4)38-27(34)22-15-39-16-30-22/h5-13,15-16,31H,14H2,1-4H3. The lowest BCUT2D eigenvalue weighted by atomic mass is 9.93. The summed E-state index contributed by atoms with van der Waals surface area (Å²) in [6, 6.07) is 16.9. The normalized spacial score (nSPS) is 15.0. The van der Waals surface area contributed by atoms with Crippen molar-refractivity contribution in [2.45, 2.75) is 25.9 Å². The molecule has 4 aromatic rings. The predicted molar refractivity (Wildman–Crippen MR) is 150 cm³/mol. The fourth-order valence-electron chi connectivity index (χ4n) is 5.06. The van der Waals surface area contributed by atoms with E-state index in [1.54, 1.807) is 42.3 Å². The Kier molecular flexibility index (Phi) is 5.91. The number of hydrogen-bond acceptors (Lipinski definition) is 9. The molecule has 1 N–H and O–H groups in total. The Balaban J connectivity index is 1.45. The molecule has 0 unspecified atom stereocenters. The topological polar surface area (TPSA) is 93.2 Å². The van der Waals surface area contributed by atoms with Gasteiger partial charge in [-0.15, -0.1) is 11.3 Å². The molecule has 2 aliphatic heterocycles. The molecule has 0 atom stereocenters. The smallest absolute Gasteiger partial charge is 0.363 e. The summed E-state index contributed by atoms with van der Waals surface area (Å²) in [5, 5.41) is 8.75. The van der Waals surface area contributed by atoms with Gasteiger partial charge in [0, 0.05) is 22.6 Å². The highest BCUT2D eigenvalue weighted by Crippen LogP contribution is 2.51. The quantitative estimate of drug-likeness (QED) is 0.252. The first-order valence-electron chi connectivity index (χ1n) is 12.3. The minimum absolute atomic E-state index is 0.0759. The highest BCUT2D eigenvalue weighted by molar-refractivity contribution is 7.07. The van der Waals surface area contributed by atoms with Crippen LogP contribution in [0.4, 0.5) is 17.1 Å². The first-order valence-corrected chi connectivity index (χ1v) is 13.2. The number of esters is 1. The Labute approximate surface area is 229 Å². The van der Waals surface area contributed by atoms with Gasteiger partial charge in [-0.2, -0.15) is 0 Å². The number of anilines is 3. The van der Waals surface area contributed by atoms with Crippen molar-refractivity contribution >= 4 is 40.3 Å². The summed E-state index contributed by atoms with van der Waals surface area (Å²) in [7, 11) is 3.19. The maximum Gasteiger partial charge on any atom is 0.363 e. The molecule has 9 nitrogen and oxygen atoms in total. The van der Waals surface area contributed by atoms with Gasteiger partial charge in [0.2, 0.25) is 0 Å². The van der Waals surface area contributed by atoms with Crippen molar-refractivity contribution in [1.82, 2.24) is 4.98 Å². The molecule has 0 saturated carbocycles. The second-order valence-electron chi connectivity index (χ2n) is 9.71. The van der Waals surface area contributed by atoms with Crippen molar-refractivity contribution in [2.24, 2.45) is 0 Å². The van der Waals surface area contributed by atoms with Crippen molar-refractivity contribution in [2.75, 3.05) is 29.6 Å². The van der Waals surface area contributed by atoms with E-state index >= 15 is 0 Å². The van der Waals surface area contributed by atoms with Crippen LogP contribution in [0, 0.1) is 0 Å². The second-order valence-corrected chi connectivity index (χ2v) is 10.4. The first-order chi connectivity index (χ1) is 18.8. The average molecular weight is 543 g/mol. The summed E-state index contributed by atoms with van der Waals surface area (Å²) in [5.41, 5.74) is 6.14. The molecule has 0 saturated heterocycles. The first kappa shape index (κ1) is 24.7. The highest BCUT2D eigenvalue weighted by Gasteiger charge is 2.47. The lowest BCUT2D eigenvalue weighted by Gasteiger charge is -2.41. The zero-order valence-corrected chi connectivity index (χ0v) is 22.7. The number of nitrogens with one attached hydrogen (secondary N) is 1. The van der Waals surface area contributed by atoms with Crippen LogP contribution in [-0.4, -0.2) is 36.6 Å². The van der Waals surface area contributed by atoms with Crippen LogP contribution in [0.1, 0.15) is 29.9 Å². The molecular formula is C29H26N4O5S. The Morgan fingerprint density at radius 2 is 1.79 bits per heavy atom. The number of benzene rings is 3. The summed E-state index contributed by atoms with van der Waals surface area (Å²) in [6.45, 7) is 4.19. The molecule has 2 aliphatic rings. The summed E-state index contributed by atoms with van der Waals surface area (Å²) in [6.07, 6.45) is 0. The van der Waals surface area contributed by atoms with Crippen molar-refractivity contribution in [3.05, 3.63) is 76.7 Å². The van der Waals surface area contributed by atoms with Gasteiger partial charge in [0.1, 0.15) is 28.5 Å². The number of hydrogen-bond donors (Lipinski definition) is 1. The van der Waals surface area contributed by atoms with Gasteiger partial charge in [0.05, 0.1) is 37.6 Å². The summed E-state index contributed by atoms with van der Waals surface area (Å²) < 4.78 is 16.9. The van der Waals surface area contributed by atoms with E-state index in [0.29, 0.717) is 23.8 Å². The molecule has 10 heteroatoms. The molecule has 3 aromatic carbocycles. The lowest BCUT2D eigenvalue weighted by Crippen LogP contribution is -2.57. The molecule has 0 radical (unpaired) electrons. The van der Waals surface area contributed by atoms with Gasteiger partial charge in [0.25, 0.3) is 5.91 Å². The van der Waals surface area contributed by atoms with E-state index in [1.807, 2.05) is 61.3 Å². The van der Waals surface area contributed by atoms with Crippen LogP contribution in [0.3, 0.4) is 0 Å². The third-order valence-corrected chi connectivity index (χ3v) is 7.48. The molecule has 0 aliphatic carbocycles. The van der Waals surface area contributed by atoms with Gasteiger partial charge >= 0.3 is 5.97 Å². The van der Waals surface area contributed by atoms with Crippen LogP contribution in [0.25, 0.3) is 11.1 Å². The minimum Gasteiger partial charge on any atom is -0.496 e. The Morgan fingerprint density at radius 1 is 1.03 bits per heavy atom. The number of ether oxygens (including phenoxy) is 3. The minimum atomic E-state index is -0.809. The summed E-state index contributed by atoms with van der Waals surface area (Å²) in [4.78, 5) is 30.2. The molecule has 198 valence electrons. The third kappa shape index (κ3) is 4.04. The highest BCUT2D eigenvalue weighted by atomic mass is 32.1. The van der Waals surface area contributed by atoms with E-state index in [1.165, 1.54) is 11.3 Å². The monoisotopic (exact) mass is 542 g/mol. The SMILES string of the molecule is COc1cc(OC(=O)c2cscn2)ccc1-c1ccc2c3c1CN(c1ccccc1OC)N3C(=O)C(C)(C)N2. The van der Waals surface area contributed by atoms with Crippen LogP contribution >= 0.6 is 11.3 Å². The molecule has 1 amide bonds. The predicted octanol–water partition coefficient (Wildman–Crippen LogP) is 5.52. The van der Waals surface area contributed by atoms with Gasteiger partial charge in [0.15, 0.2) is 5.69 Å². The molecule has 1 aromatic heterocycles. The number of methoxy groups -OCH3 is 2. The maximum absolute atomic E-state index is 13.8. The van der Waals surface area contributed by atoms with Gasteiger partial charge in [-0.1, -0.05) is 18.2 Å². The van der Waals surface area contributed by atoms with Gasteiger partial charge in [-0.3, -0.25) is 9.80 Å². The molecule has 0 spiro atoms. The fraction of sp³-hybridized carbons (Fsp3) is 0.207. The zero-order valence-electron chi connectivity index (χ0n) is 21.8. The molecule has 6 rings (SSSR count). The number of carbonyl (C=O) groups is 2. The summed E-state index contributed by atoms with van der Waals surface area (Å²) in [5.74, 6) is 0.939. The largest absolute Gasteiger partial charge is 0.496 e. The Bertz CT molecular complexity index is 1600. The van der Waals surface area contributed by atoms with Crippen molar-refractivity contribution in [3.8, 4) is 28.4 Å². The number of carbonyl (C=O) groups excluding carboxylic acids is 2. The van der Waals surface area contributed by atoms with Crippen LogP contribution in [-0.2, 0) is 11.3 Å². The lowest BCUT2D eigenvalue weighted by molar-refractivity contribution is -0.122. The molecule has 3 heterocycles. The van der Waals surface area contributed by atoms with E-state index < -0.39 is 11.5 Å². The number of hydrazine groups is 1. The second kappa shape index (κ2) is 9.32. The van der Waals surface area contributed by atoms with E-state index in [9.17, 15) is 9.59 Å². The number of amides is 1. The fourth-order valence-corrected chi connectivity index (χ4v) is 5.59. The van der Waals surface area contributed by atoms with Crippen molar-refractivity contribution < 1.29 is 23.8 Å². The van der Waals surface area contributed by atoms with E-state index in [2.05, 4.69) is 10.3 Å². The van der Waals surface area contributed by atoms with Crippen LogP contribution in [0.2, 0.25) is 0 Å². The van der Waals surface area contributed by atoms with Gasteiger partial charge < -0.3 is 19.5 Å². The molecular weight excluding hydrogens is 516 g/mol. The van der Waals surface area contributed by atoms with Gasteiger partial charge in [-0.05, 0) is 49.7 Å². The number of thiazole rings is 1. The summed E-state index contributed by atoms with van der Waals surface area (Å²) >= 11 is 1.32. The third-order valence-electron chi connectivity index (χ3n) is 6.90. The van der Waals surface area contributed by atoms with Crippen LogP contribution in [0.5, 0.6) is 17.2 Å². The van der Waals surface area contributed by atoms with Crippen LogP contribution < -0.4 is 29.5 Å². The van der Waals surface area contributed by atoms with E-state index in [4.69, 9.17) is 14.2 Å². The number of aromatic nitrogens is 1. The molecule has 0 fully saturated rings. The number of nitrogens with zero attached hydrogens (tertiary/aromatic N) is 3. The Hall–Kier alpha value is -4.57. The van der Waals surface area contributed by atoms with Crippen molar-refractivity contribution in [1.29, 1.82) is 0 Å². The van der Waals surface area contributed by atoms with Crippen LogP contribution in [0.15, 0.2) is 65.5 Å². The molecule has 39 heavy (non-hydrogen) atoms. The maximum atomic E-state index is 13.8. The van der Waals surface area contributed by atoms with Gasteiger partial charge in [-0.25, -0.2) is 14.8 Å². The average Bonchev–Trinajstić information content (AvgIpc) is 3.61. The van der Waals surface area contributed by atoms with Crippen molar-refractivity contribution in [3.63, 3.8) is 0 Å². The number of para-hydroxylation sites is 2. The Morgan fingerprint density at radius 3 is 2.54 bits per heavy atom. The van der Waals surface area contributed by atoms with E-state index in [0.717, 1.165) is 33.8 Å². The number of rotatable bonds is 6.